The molecule has 0 aliphatic carbocycles. The van der Waals surface area contributed by atoms with E-state index in [1.807, 2.05) is 30.3 Å². The summed E-state index contributed by atoms with van der Waals surface area (Å²) >= 11 is 0. The maximum atomic E-state index is 11.5. The third-order valence-corrected chi connectivity index (χ3v) is 2.32. The van der Waals surface area contributed by atoms with Crippen molar-refractivity contribution in [3.8, 4) is 0 Å². The molecule has 2 N–H and O–H groups in total. The number of nitrogens with one attached hydrogen (secondary N) is 2. The Hall–Kier alpha value is -0.820. The van der Waals surface area contributed by atoms with Gasteiger partial charge in [-0.3, -0.25) is 0 Å². The van der Waals surface area contributed by atoms with Crippen molar-refractivity contribution in [2.45, 2.75) is 6.42 Å². The summed E-state index contributed by atoms with van der Waals surface area (Å²) < 4.78 is 0.919. The van der Waals surface area contributed by atoms with E-state index in [-0.39, 0.29) is 30.0 Å². The number of benzene rings is 1. The van der Waals surface area contributed by atoms with Crippen LogP contribution in [0.3, 0.4) is 0 Å². The van der Waals surface area contributed by atoms with Gasteiger partial charge in [-0.1, -0.05) is 18.2 Å². The first-order valence-corrected chi connectivity index (χ1v) is 5.88. The molecule has 1 aromatic rings. The highest BCUT2D eigenvalue weighted by molar-refractivity contribution is 5.89. The number of halogens is 1. The first kappa shape index (κ1) is 17.2. The fourth-order valence-electron chi connectivity index (χ4n) is 1.45. The van der Waals surface area contributed by atoms with E-state index in [0.29, 0.717) is 6.54 Å². The fourth-order valence-corrected chi connectivity index (χ4v) is 1.45. The van der Waals surface area contributed by atoms with Crippen LogP contribution in [0.15, 0.2) is 30.3 Å². The van der Waals surface area contributed by atoms with Gasteiger partial charge in [0, 0.05) is 18.7 Å². The Morgan fingerprint density at radius 1 is 1.17 bits per heavy atom. The van der Waals surface area contributed by atoms with E-state index >= 15 is 0 Å². The van der Waals surface area contributed by atoms with Gasteiger partial charge in [-0.15, -0.1) is 0 Å². The third-order valence-electron chi connectivity index (χ3n) is 2.32. The van der Waals surface area contributed by atoms with Gasteiger partial charge >= 0.3 is 6.03 Å². The van der Waals surface area contributed by atoms with Gasteiger partial charge in [0.15, 0.2) is 0 Å². The molecular formula is C13H22IN3O. The molecule has 2 amide bonds. The number of hydrogen-bond acceptors (Lipinski definition) is 1. The number of nitrogens with zero attached hydrogens (tertiary/aromatic N) is 1. The predicted octanol–water partition coefficient (Wildman–Crippen LogP) is -1.09. The Morgan fingerprint density at radius 3 is 2.33 bits per heavy atom. The van der Waals surface area contributed by atoms with E-state index in [1.165, 1.54) is 0 Å². The second-order valence-corrected chi connectivity index (χ2v) is 5.11. The van der Waals surface area contributed by atoms with Crippen LogP contribution in [0.2, 0.25) is 0 Å². The topological polar surface area (TPSA) is 41.1 Å². The molecule has 0 fully saturated rings. The van der Waals surface area contributed by atoms with E-state index in [2.05, 4.69) is 31.8 Å². The van der Waals surface area contributed by atoms with Gasteiger partial charge in [0.05, 0.1) is 27.7 Å². The fraction of sp³-hybridized carbons (Fsp3) is 0.462. The number of urea groups is 1. The van der Waals surface area contributed by atoms with Gasteiger partial charge in [0.25, 0.3) is 0 Å². The molecule has 5 heteroatoms. The first-order chi connectivity index (χ1) is 7.97. The SMILES string of the molecule is C[N+](C)(C)CCCNC(=O)Nc1ccccc1.[I-]. The van der Waals surface area contributed by atoms with Crippen LogP contribution in [0.4, 0.5) is 10.5 Å². The standard InChI is InChI=1S/C13H21N3O.HI/c1-16(2,3)11-7-10-14-13(17)15-12-8-5-4-6-9-12;/h4-6,8-9H,7,10-11H2,1-3H3,(H-,14,15,17);1H. The molecule has 0 unspecified atom stereocenters. The van der Waals surface area contributed by atoms with Crippen molar-refractivity contribution in [1.82, 2.24) is 5.32 Å². The number of carbonyl (C=O) groups is 1. The van der Waals surface area contributed by atoms with Gasteiger partial charge in [-0.25, -0.2) is 4.79 Å². The Morgan fingerprint density at radius 2 is 1.78 bits per heavy atom. The Balaban J connectivity index is 0.00000289. The van der Waals surface area contributed by atoms with Crippen molar-refractivity contribution in [3.63, 3.8) is 0 Å². The Kier molecular flexibility index (Phi) is 7.93. The second kappa shape index (κ2) is 8.31. The molecule has 102 valence electrons. The maximum Gasteiger partial charge on any atom is 0.319 e. The Labute approximate surface area is 126 Å². The van der Waals surface area contributed by atoms with Crippen molar-refractivity contribution in [3.05, 3.63) is 30.3 Å². The van der Waals surface area contributed by atoms with Crippen LogP contribution < -0.4 is 34.6 Å². The molecule has 0 aliphatic rings. The number of amides is 2. The lowest BCUT2D eigenvalue weighted by molar-refractivity contribution is -0.870. The number of rotatable bonds is 5. The molecule has 0 aliphatic heterocycles. The van der Waals surface area contributed by atoms with Crippen molar-refractivity contribution < 1.29 is 33.3 Å². The quantitative estimate of drug-likeness (QED) is 0.390. The molecule has 1 aromatic carbocycles. The first-order valence-electron chi connectivity index (χ1n) is 5.88. The molecule has 0 saturated heterocycles. The molecule has 0 bridgehead atoms. The smallest absolute Gasteiger partial charge is 0.319 e. The van der Waals surface area contributed by atoms with Gasteiger partial charge in [0.1, 0.15) is 0 Å². The van der Waals surface area contributed by atoms with Crippen LogP contribution in [-0.2, 0) is 0 Å². The summed E-state index contributed by atoms with van der Waals surface area (Å²) in [7, 11) is 6.43. The minimum absolute atomic E-state index is 0. The monoisotopic (exact) mass is 363 g/mol. The molecular weight excluding hydrogens is 341 g/mol. The van der Waals surface area contributed by atoms with Crippen LogP contribution in [0.5, 0.6) is 0 Å². The lowest BCUT2D eigenvalue weighted by atomic mass is 10.3. The molecule has 0 heterocycles. The third kappa shape index (κ3) is 8.30. The highest BCUT2D eigenvalue weighted by atomic mass is 127. The molecule has 0 aromatic heterocycles. The van der Waals surface area contributed by atoms with Gasteiger partial charge in [0.2, 0.25) is 0 Å². The minimum Gasteiger partial charge on any atom is -1.00 e. The minimum atomic E-state index is -0.141. The lowest BCUT2D eigenvalue weighted by Gasteiger charge is -2.23. The number of para-hydroxylation sites is 1. The van der Waals surface area contributed by atoms with Gasteiger partial charge < -0.3 is 39.1 Å². The summed E-state index contributed by atoms with van der Waals surface area (Å²) in [6.45, 7) is 1.75. The van der Waals surface area contributed by atoms with Crippen LogP contribution in [0, 0.1) is 0 Å². The van der Waals surface area contributed by atoms with Crippen molar-refractivity contribution >= 4 is 11.7 Å². The van der Waals surface area contributed by atoms with E-state index < -0.39 is 0 Å². The van der Waals surface area contributed by atoms with Crippen molar-refractivity contribution in [2.75, 3.05) is 39.5 Å². The van der Waals surface area contributed by atoms with Crippen LogP contribution in [0.25, 0.3) is 0 Å². The van der Waals surface area contributed by atoms with Crippen LogP contribution >= 0.6 is 0 Å². The Bertz CT molecular complexity index is 349. The summed E-state index contributed by atoms with van der Waals surface area (Å²) in [5.41, 5.74) is 0.816. The number of carbonyl (C=O) groups excluding carboxylic acids is 1. The highest BCUT2D eigenvalue weighted by Crippen LogP contribution is 2.04. The van der Waals surface area contributed by atoms with Crippen LogP contribution in [0.1, 0.15) is 6.42 Å². The number of anilines is 1. The molecule has 0 spiro atoms. The number of quaternary nitrogens is 1. The molecule has 4 nitrogen and oxygen atoms in total. The largest absolute Gasteiger partial charge is 1.00 e. The maximum absolute atomic E-state index is 11.5. The summed E-state index contributed by atoms with van der Waals surface area (Å²) in [6, 6.07) is 9.30. The van der Waals surface area contributed by atoms with E-state index in [4.69, 9.17) is 0 Å². The molecule has 0 radical (unpaired) electrons. The number of hydrogen-bond donors (Lipinski definition) is 2. The second-order valence-electron chi connectivity index (χ2n) is 5.11. The zero-order valence-electron chi connectivity index (χ0n) is 11.2. The average Bonchev–Trinajstić information content (AvgIpc) is 2.25. The van der Waals surface area contributed by atoms with Gasteiger partial charge in [-0.2, -0.15) is 0 Å². The molecule has 1 rings (SSSR count). The summed E-state index contributed by atoms with van der Waals surface area (Å²) in [4.78, 5) is 11.5. The summed E-state index contributed by atoms with van der Waals surface area (Å²) in [6.07, 6.45) is 0.978. The zero-order chi connectivity index (χ0) is 12.7. The molecule has 18 heavy (non-hydrogen) atoms. The molecule has 0 atom stereocenters. The zero-order valence-corrected chi connectivity index (χ0v) is 13.4. The predicted molar refractivity (Wildman–Crippen MR) is 71.0 cm³/mol. The van der Waals surface area contributed by atoms with E-state index in [1.54, 1.807) is 0 Å². The lowest BCUT2D eigenvalue weighted by Crippen LogP contribution is -3.00. The van der Waals surface area contributed by atoms with Gasteiger partial charge in [-0.05, 0) is 12.1 Å². The van der Waals surface area contributed by atoms with Crippen molar-refractivity contribution in [1.29, 1.82) is 0 Å². The van der Waals surface area contributed by atoms with Crippen molar-refractivity contribution in [2.24, 2.45) is 0 Å². The normalized spacial score (nSPS) is 10.4. The van der Waals surface area contributed by atoms with E-state index in [0.717, 1.165) is 23.1 Å². The average molecular weight is 363 g/mol. The molecule has 0 saturated carbocycles. The summed E-state index contributed by atoms with van der Waals surface area (Å²) in [5.74, 6) is 0. The highest BCUT2D eigenvalue weighted by Gasteiger charge is 2.06. The summed E-state index contributed by atoms with van der Waals surface area (Å²) in [5, 5.41) is 5.63. The van der Waals surface area contributed by atoms with Crippen LogP contribution in [-0.4, -0.2) is 44.7 Å². The van der Waals surface area contributed by atoms with E-state index in [9.17, 15) is 4.79 Å².